The minimum atomic E-state index is -0.0715. The van der Waals surface area contributed by atoms with E-state index in [-0.39, 0.29) is 24.4 Å². The van der Waals surface area contributed by atoms with Gasteiger partial charge >= 0.3 is 0 Å². The lowest BCUT2D eigenvalue weighted by Crippen LogP contribution is -2.43. The van der Waals surface area contributed by atoms with Gasteiger partial charge in [0.2, 0.25) is 11.8 Å². The van der Waals surface area contributed by atoms with Crippen LogP contribution in [0.25, 0.3) is 0 Å². The Morgan fingerprint density at radius 1 is 1.24 bits per heavy atom. The van der Waals surface area contributed by atoms with E-state index in [0.29, 0.717) is 18.5 Å². The highest BCUT2D eigenvalue weighted by molar-refractivity contribution is 5.85. The van der Waals surface area contributed by atoms with Crippen molar-refractivity contribution in [1.29, 1.82) is 0 Å². The van der Waals surface area contributed by atoms with Crippen LogP contribution in [0.15, 0.2) is 0 Å². The summed E-state index contributed by atoms with van der Waals surface area (Å²) in [6, 6.07) is 0.491. The lowest BCUT2D eigenvalue weighted by atomic mass is 10.0. The van der Waals surface area contributed by atoms with Crippen LogP contribution in [0.3, 0.4) is 0 Å². The number of hydrogen-bond donors (Lipinski definition) is 2. The number of nitrogens with one attached hydrogen (secondary N) is 1. The minimum absolute atomic E-state index is 0.0402. The SMILES string of the molecule is CC(C)C(N)CCN(C)CC(=O)N(C)CC(=O)NC1CC1. The number of carbonyl (C=O) groups excluding carboxylic acids is 2. The van der Waals surface area contributed by atoms with E-state index in [4.69, 9.17) is 5.73 Å². The first kappa shape index (κ1) is 17.9. The number of amides is 2. The van der Waals surface area contributed by atoms with Crippen LogP contribution in [-0.2, 0) is 9.59 Å². The summed E-state index contributed by atoms with van der Waals surface area (Å²) in [6.45, 7) is 5.43. The second-order valence-electron chi connectivity index (χ2n) is 6.53. The summed E-state index contributed by atoms with van der Waals surface area (Å²) in [7, 11) is 3.57. The Bertz CT molecular complexity index is 356. The summed E-state index contributed by atoms with van der Waals surface area (Å²) < 4.78 is 0. The Morgan fingerprint density at radius 2 is 1.86 bits per heavy atom. The van der Waals surface area contributed by atoms with Crippen LogP contribution in [-0.4, -0.2) is 67.4 Å². The predicted molar refractivity (Wildman–Crippen MR) is 83.7 cm³/mol. The summed E-state index contributed by atoms with van der Waals surface area (Å²) >= 11 is 0. The molecule has 1 aliphatic carbocycles. The molecule has 1 saturated carbocycles. The van der Waals surface area contributed by atoms with Gasteiger partial charge in [-0.25, -0.2) is 0 Å². The van der Waals surface area contributed by atoms with Crippen LogP contribution in [0.1, 0.15) is 33.1 Å². The van der Waals surface area contributed by atoms with Crippen molar-refractivity contribution in [3.05, 3.63) is 0 Å². The number of nitrogens with two attached hydrogens (primary N) is 1. The molecule has 6 nitrogen and oxygen atoms in total. The monoisotopic (exact) mass is 298 g/mol. The number of nitrogens with zero attached hydrogens (tertiary/aromatic N) is 2. The van der Waals surface area contributed by atoms with E-state index in [2.05, 4.69) is 19.2 Å². The molecule has 3 N–H and O–H groups in total. The van der Waals surface area contributed by atoms with Crippen LogP contribution in [0.4, 0.5) is 0 Å². The van der Waals surface area contributed by atoms with Crippen molar-refractivity contribution in [3.8, 4) is 0 Å². The zero-order valence-electron chi connectivity index (χ0n) is 13.8. The molecule has 0 spiro atoms. The third kappa shape index (κ3) is 7.43. The third-order valence-electron chi connectivity index (χ3n) is 3.85. The maximum atomic E-state index is 12.0. The molecule has 0 radical (unpaired) electrons. The topological polar surface area (TPSA) is 78.7 Å². The zero-order valence-corrected chi connectivity index (χ0v) is 13.8. The van der Waals surface area contributed by atoms with E-state index in [9.17, 15) is 9.59 Å². The van der Waals surface area contributed by atoms with Gasteiger partial charge in [-0.2, -0.15) is 0 Å². The molecule has 1 aliphatic rings. The highest BCUT2D eigenvalue weighted by atomic mass is 16.2. The number of rotatable bonds is 9. The van der Waals surface area contributed by atoms with Gasteiger partial charge in [0, 0.05) is 19.1 Å². The lowest BCUT2D eigenvalue weighted by Gasteiger charge is -2.23. The number of carbonyl (C=O) groups is 2. The Morgan fingerprint density at radius 3 is 2.38 bits per heavy atom. The van der Waals surface area contributed by atoms with Crippen molar-refractivity contribution in [2.45, 2.75) is 45.2 Å². The quantitative estimate of drug-likeness (QED) is 0.629. The molecule has 2 amide bonds. The number of hydrogen-bond acceptors (Lipinski definition) is 4. The zero-order chi connectivity index (χ0) is 16.0. The molecule has 1 rings (SSSR count). The first-order valence-corrected chi connectivity index (χ1v) is 7.77. The van der Waals surface area contributed by atoms with Gasteiger partial charge in [0.25, 0.3) is 0 Å². The van der Waals surface area contributed by atoms with Crippen LogP contribution in [0.5, 0.6) is 0 Å². The molecule has 0 aliphatic heterocycles. The molecule has 0 aromatic rings. The maximum absolute atomic E-state index is 12.0. The Kier molecular flexibility index (Phi) is 7.11. The molecule has 6 heteroatoms. The Labute approximate surface area is 128 Å². The fourth-order valence-corrected chi connectivity index (χ4v) is 1.94. The summed E-state index contributed by atoms with van der Waals surface area (Å²) in [6.07, 6.45) is 2.98. The molecule has 1 fully saturated rings. The van der Waals surface area contributed by atoms with Crippen LogP contribution in [0.2, 0.25) is 0 Å². The van der Waals surface area contributed by atoms with Gasteiger partial charge in [-0.1, -0.05) is 13.8 Å². The molecule has 0 bridgehead atoms. The summed E-state index contributed by atoms with van der Waals surface area (Å²) in [5.41, 5.74) is 6.00. The molecule has 1 atom stereocenters. The summed E-state index contributed by atoms with van der Waals surface area (Å²) in [4.78, 5) is 27.1. The third-order valence-corrected chi connectivity index (χ3v) is 3.85. The maximum Gasteiger partial charge on any atom is 0.239 e. The van der Waals surface area contributed by atoms with E-state index >= 15 is 0 Å². The van der Waals surface area contributed by atoms with Gasteiger partial charge in [0.1, 0.15) is 0 Å². The summed E-state index contributed by atoms with van der Waals surface area (Å²) in [5.74, 6) is 0.335. The van der Waals surface area contributed by atoms with Crippen LogP contribution in [0, 0.1) is 5.92 Å². The highest BCUT2D eigenvalue weighted by Gasteiger charge is 2.24. The Balaban J connectivity index is 2.22. The normalized spacial score (nSPS) is 16.1. The first-order valence-electron chi connectivity index (χ1n) is 7.77. The highest BCUT2D eigenvalue weighted by Crippen LogP contribution is 2.18. The average Bonchev–Trinajstić information content (AvgIpc) is 3.19. The van der Waals surface area contributed by atoms with Gasteiger partial charge < -0.3 is 16.0 Å². The van der Waals surface area contributed by atoms with Crippen molar-refractivity contribution in [2.24, 2.45) is 11.7 Å². The Hall–Kier alpha value is -1.14. The molecule has 1 unspecified atom stereocenters. The van der Waals surface area contributed by atoms with E-state index < -0.39 is 0 Å². The largest absolute Gasteiger partial charge is 0.352 e. The molecule has 0 aromatic heterocycles. The van der Waals surface area contributed by atoms with Crippen LogP contribution >= 0.6 is 0 Å². The van der Waals surface area contributed by atoms with Crippen molar-refractivity contribution in [1.82, 2.24) is 15.1 Å². The van der Waals surface area contributed by atoms with E-state index in [1.54, 1.807) is 7.05 Å². The van der Waals surface area contributed by atoms with Gasteiger partial charge in [0.15, 0.2) is 0 Å². The van der Waals surface area contributed by atoms with E-state index in [0.717, 1.165) is 25.8 Å². The average molecular weight is 298 g/mol. The molecule has 21 heavy (non-hydrogen) atoms. The first-order chi connectivity index (χ1) is 9.79. The summed E-state index contributed by atoms with van der Waals surface area (Å²) in [5, 5.41) is 2.88. The number of likely N-dealkylation sites (N-methyl/N-ethyl adjacent to an activating group) is 2. The molecular formula is C15H30N4O2. The molecule has 0 heterocycles. The van der Waals surface area contributed by atoms with Gasteiger partial charge in [-0.3, -0.25) is 14.5 Å². The van der Waals surface area contributed by atoms with Crippen LogP contribution < -0.4 is 11.1 Å². The second kappa shape index (κ2) is 8.34. The fraction of sp³-hybridized carbons (Fsp3) is 0.867. The smallest absolute Gasteiger partial charge is 0.239 e. The molecule has 0 saturated heterocycles. The van der Waals surface area contributed by atoms with Crippen molar-refractivity contribution < 1.29 is 9.59 Å². The van der Waals surface area contributed by atoms with Gasteiger partial charge in [-0.05, 0) is 38.8 Å². The molecule has 0 aromatic carbocycles. The fourth-order valence-electron chi connectivity index (χ4n) is 1.94. The second-order valence-corrected chi connectivity index (χ2v) is 6.53. The van der Waals surface area contributed by atoms with Crippen molar-refractivity contribution >= 4 is 11.8 Å². The van der Waals surface area contributed by atoms with E-state index in [1.807, 2.05) is 11.9 Å². The predicted octanol–water partition coefficient (Wildman–Crippen LogP) is 0.0286. The van der Waals surface area contributed by atoms with E-state index in [1.165, 1.54) is 4.90 Å². The van der Waals surface area contributed by atoms with Crippen molar-refractivity contribution in [3.63, 3.8) is 0 Å². The van der Waals surface area contributed by atoms with Gasteiger partial charge in [0.05, 0.1) is 13.1 Å². The van der Waals surface area contributed by atoms with Crippen molar-refractivity contribution in [2.75, 3.05) is 33.7 Å². The minimum Gasteiger partial charge on any atom is -0.352 e. The molecular weight excluding hydrogens is 268 g/mol. The molecule has 122 valence electrons. The lowest BCUT2D eigenvalue weighted by molar-refractivity contribution is -0.135. The van der Waals surface area contributed by atoms with Gasteiger partial charge in [-0.15, -0.1) is 0 Å². The standard InChI is InChI=1S/C15H30N4O2/c1-11(2)13(16)7-8-18(3)10-15(21)19(4)9-14(20)17-12-5-6-12/h11-13H,5-10,16H2,1-4H3,(H,17,20).